The highest BCUT2D eigenvalue weighted by molar-refractivity contribution is 9.10. The summed E-state index contributed by atoms with van der Waals surface area (Å²) in [6, 6.07) is 8.13. The van der Waals surface area contributed by atoms with E-state index in [1.165, 1.54) is 5.56 Å². The minimum absolute atomic E-state index is 0.735. The third-order valence-corrected chi connectivity index (χ3v) is 3.38. The number of nitrogens with one attached hydrogen (secondary N) is 1. The first-order valence-corrected chi connectivity index (χ1v) is 6.23. The third-order valence-electron chi connectivity index (χ3n) is 2.61. The summed E-state index contributed by atoms with van der Waals surface area (Å²) < 4.78 is 1.10. The van der Waals surface area contributed by atoms with Crippen LogP contribution in [0.1, 0.15) is 17.0 Å². The Bertz CT molecular complexity index is 526. The molecule has 0 fully saturated rings. The van der Waals surface area contributed by atoms with Crippen LogP contribution in [0.25, 0.3) is 0 Å². The lowest BCUT2D eigenvalue weighted by atomic mass is 10.2. The smallest absolute Gasteiger partial charge is 0.145 e. The van der Waals surface area contributed by atoms with Gasteiger partial charge in [0.2, 0.25) is 0 Å². The molecule has 1 N–H and O–H groups in total. The molecule has 3 nitrogen and oxygen atoms in total. The molecule has 1 aromatic carbocycles. The van der Waals surface area contributed by atoms with E-state index in [9.17, 15) is 0 Å². The number of aryl methyl sites for hydroxylation is 2. The van der Waals surface area contributed by atoms with E-state index in [0.717, 1.165) is 28.2 Å². The van der Waals surface area contributed by atoms with Crippen LogP contribution in [0.15, 0.2) is 34.9 Å². The zero-order valence-corrected chi connectivity index (χ0v) is 11.5. The Morgan fingerprint density at radius 3 is 2.65 bits per heavy atom. The Balaban J connectivity index is 2.08. The first-order chi connectivity index (χ1) is 8.16. The van der Waals surface area contributed by atoms with E-state index in [-0.39, 0.29) is 0 Å². The van der Waals surface area contributed by atoms with Gasteiger partial charge in [0.15, 0.2) is 0 Å². The van der Waals surface area contributed by atoms with E-state index in [0.29, 0.717) is 0 Å². The minimum atomic E-state index is 0.735. The Labute approximate surface area is 109 Å². The summed E-state index contributed by atoms with van der Waals surface area (Å²) in [5, 5.41) is 3.27. The first kappa shape index (κ1) is 12.0. The molecule has 4 heteroatoms. The SMILES string of the molecule is Cc1ncc(NCc2ccccc2Br)nc1C. The molecule has 0 saturated heterocycles. The number of hydrogen-bond acceptors (Lipinski definition) is 3. The van der Waals surface area contributed by atoms with Gasteiger partial charge >= 0.3 is 0 Å². The van der Waals surface area contributed by atoms with Crippen LogP contribution >= 0.6 is 15.9 Å². The van der Waals surface area contributed by atoms with E-state index in [2.05, 4.69) is 37.3 Å². The molecule has 0 spiro atoms. The summed E-state index contributed by atoms with van der Waals surface area (Å²) in [5.74, 6) is 0.809. The molecule has 0 unspecified atom stereocenters. The number of halogens is 1. The van der Waals surface area contributed by atoms with Gasteiger partial charge in [-0.15, -0.1) is 0 Å². The van der Waals surface area contributed by atoms with E-state index in [1.54, 1.807) is 6.20 Å². The Morgan fingerprint density at radius 1 is 1.18 bits per heavy atom. The van der Waals surface area contributed by atoms with Gasteiger partial charge in [-0.3, -0.25) is 4.98 Å². The highest BCUT2D eigenvalue weighted by atomic mass is 79.9. The van der Waals surface area contributed by atoms with Crippen molar-refractivity contribution in [1.82, 2.24) is 9.97 Å². The van der Waals surface area contributed by atoms with Gasteiger partial charge in [0, 0.05) is 11.0 Å². The average Bonchev–Trinajstić information content (AvgIpc) is 2.32. The van der Waals surface area contributed by atoms with Crippen molar-refractivity contribution >= 4 is 21.7 Å². The molecule has 0 radical (unpaired) electrons. The highest BCUT2D eigenvalue weighted by Crippen LogP contribution is 2.17. The third kappa shape index (κ3) is 3.03. The average molecular weight is 292 g/mol. The van der Waals surface area contributed by atoms with Crippen molar-refractivity contribution in [3.05, 3.63) is 51.9 Å². The topological polar surface area (TPSA) is 37.8 Å². The fourth-order valence-corrected chi connectivity index (χ4v) is 1.88. The molecule has 17 heavy (non-hydrogen) atoms. The summed E-state index contributed by atoms with van der Waals surface area (Å²) in [6.45, 7) is 4.66. The maximum Gasteiger partial charge on any atom is 0.145 e. The molecule has 1 aromatic heterocycles. The normalized spacial score (nSPS) is 10.3. The lowest BCUT2D eigenvalue weighted by Crippen LogP contribution is -2.04. The number of aromatic nitrogens is 2. The number of benzene rings is 1. The predicted molar refractivity (Wildman–Crippen MR) is 73.0 cm³/mol. The fraction of sp³-hybridized carbons (Fsp3) is 0.231. The van der Waals surface area contributed by atoms with Gasteiger partial charge < -0.3 is 5.32 Å². The van der Waals surface area contributed by atoms with Crippen LogP contribution in [0.2, 0.25) is 0 Å². The molecule has 88 valence electrons. The standard InChI is InChI=1S/C13H14BrN3/c1-9-10(2)17-13(8-15-9)16-7-11-5-3-4-6-12(11)14/h3-6,8H,7H2,1-2H3,(H,16,17). The van der Waals surface area contributed by atoms with Crippen LogP contribution in [0.4, 0.5) is 5.82 Å². The molecule has 0 aliphatic rings. The van der Waals surface area contributed by atoms with Crippen LogP contribution in [0.3, 0.4) is 0 Å². The van der Waals surface area contributed by atoms with Crippen LogP contribution in [-0.4, -0.2) is 9.97 Å². The molecule has 0 amide bonds. The quantitative estimate of drug-likeness (QED) is 0.941. The van der Waals surface area contributed by atoms with Gasteiger partial charge in [0.05, 0.1) is 17.6 Å². The fourth-order valence-electron chi connectivity index (χ4n) is 1.45. The van der Waals surface area contributed by atoms with Gasteiger partial charge in [0.25, 0.3) is 0 Å². The molecule has 0 aliphatic heterocycles. The number of hydrogen-bond donors (Lipinski definition) is 1. The van der Waals surface area contributed by atoms with Gasteiger partial charge in [-0.2, -0.15) is 0 Å². The summed E-state index contributed by atoms with van der Waals surface area (Å²) >= 11 is 3.52. The van der Waals surface area contributed by atoms with Crippen molar-refractivity contribution in [3.8, 4) is 0 Å². The van der Waals surface area contributed by atoms with Crippen molar-refractivity contribution < 1.29 is 0 Å². The monoisotopic (exact) mass is 291 g/mol. The Hall–Kier alpha value is -1.42. The van der Waals surface area contributed by atoms with E-state index < -0.39 is 0 Å². The molecule has 0 aliphatic carbocycles. The lowest BCUT2D eigenvalue weighted by molar-refractivity contribution is 1.01. The van der Waals surface area contributed by atoms with Crippen molar-refractivity contribution in [2.75, 3.05) is 5.32 Å². The van der Waals surface area contributed by atoms with Gasteiger partial charge in [-0.1, -0.05) is 34.1 Å². The zero-order valence-electron chi connectivity index (χ0n) is 9.87. The first-order valence-electron chi connectivity index (χ1n) is 5.44. The van der Waals surface area contributed by atoms with Crippen LogP contribution in [0.5, 0.6) is 0 Å². The van der Waals surface area contributed by atoms with Crippen LogP contribution in [0, 0.1) is 13.8 Å². The summed E-state index contributed by atoms with van der Waals surface area (Å²) in [7, 11) is 0. The summed E-state index contributed by atoms with van der Waals surface area (Å²) in [5.41, 5.74) is 3.13. The molecule has 1 heterocycles. The molecule has 0 atom stereocenters. The number of rotatable bonds is 3. The second kappa shape index (κ2) is 5.27. The van der Waals surface area contributed by atoms with E-state index >= 15 is 0 Å². The molecule has 0 bridgehead atoms. The van der Waals surface area contributed by atoms with Crippen molar-refractivity contribution in [2.45, 2.75) is 20.4 Å². The Morgan fingerprint density at radius 2 is 1.94 bits per heavy atom. The molecular weight excluding hydrogens is 278 g/mol. The van der Waals surface area contributed by atoms with Crippen LogP contribution < -0.4 is 5.32 Å². The summed E-state index contributed by atoms with van der Waals surface area (Å²) in [6.07, 6.45) is 1.76. The minimum Gasteiger partial charge on any atom is -0.365 e. The predicted octanol–water partition coefficient (Wildman–Crippen LogP) is 3.47. The van der Waals surface area contributed by atoms with Crippen molar-refractivity contribution in [3.63, 3.8) is 0 Å². The highest BCUT2D eigenvalue weighted by Gasteiger charge is 2.01. The summed E-state index contributed by atoms with van der Waals surface area (Å²) in [4.78, 5) is 8.71. The molecular formula is C13H14BrN3. The van der Waals surface area contributed by atoms with Gasteiger partial charge in [0.1, 0.15) is 5.82 Å². The van der Waals surface area contributed by atoms with Crippen LogP contribution in [-0.2, 0) is 6.54 Å². The van der Waals surface area contributed by atoms with E-state index in [1.807, 2.05) is 32.0 Å². The Kier molecular flexibility index (Phi) is 3.74. The maximum atomic E-state index is 4.43. The van der Waals surface area contributed by atoms with Gasteiger partial charge in [-0.25, -0.2) is 4.98 Å². The number of anilines is 1. The van der Waals surface area contributed by atoms with Crippen molar-refractivity contribution in [2.24, 2.45) is 0 Å². The largest absolute Gasteiger partial charge is 0.365 e. The van der Waals surface area contributed by atoms with Crippen molar-refractivity contribution in [1.29, 1.82) is 0 Å². The van der Waals surface area contributed by atoms with Gasteiger partial charge in [-0.05, 0) is 25.5 Å². The number of nitrogens with zero attached hydrogens (tertiary/aromatic N) is 2. The maximum absolute atomic E-state index is 4.43. The second-order valence-electron chi connectivity index (χ2n) is 3.87. The molecule has 2 aromatic rings. The second-order valence-corrected chi connectivity index (χ2v) is 4.73. The lowest BCUT2D eigenvalue weighted by Gasteiger charge is -2.08. The molecule has 0 saturated carbocycles. The zero-order chi connectivity index (χ0) is 12.3. The van der Waals surface area contributed by atoms with E-state index in [4.69, 9.17) is 0 Å². The molecule has 2 rings (SSSR count).